The first-order valence-corrected chi connectivity index (χ1v) is 10.1. The molecule has 0 spiro atoms. The van der Waals surface area contributed by atoms with Crippen LogP contribution < -0.4 is 5.32 Å². The van der Waals surface area contributed by atoms with Crippen LogP contribution in [0.3, 0.4) is 0 Å². The number of ether oxygens (including phenoxy) is 2. The number of amides is 1. The lowest BCUT2D eigenvalue weighted by Gasteiger charge is -2.20. The lowest BCUT2D eigenvalue weighted by atomic mass is 9.97. The van der Waals surface area contributed by atoms with Crippen LogP contribution in [0.2, 0.25) is 0 Å². The van der Waals surface area contributed by atoms with E-state index in [4.69, 9.17) is 9.47 Å². The van der Waals surface area contributed by atoms with E-state index in [1.165, 1.54) is 0 Å². The number of methoxy groups -OCH3 is 1. The fourth-order valence-electron chi connectivity index (χ4n) is 3.79. The molecule has 30 heavy (non-hydrogen) atoms. The van der Waals surface area contributed by atoms with Gasteiger partial charge in [0.15, 0.2) is 0 Å². The van der Waals surface area contributed by atoms with Gasteiger partial charge in [-0.05, 0) is 44.0 Å². The number of nitrogens with one attached hydrogen (secondary N) is 1. The van der Waals surface area contributed by atoms with Gasteiger partial charge in [-0.1, -0.05) is 6.07 Å². The van der Waals surface area contributed by atoms with Crippen LogP contribution in [0.15, 0.2) is 42.9 Å². The van der Waals surface area contributed by atoms with Crippen molar-refractivity contribution in [2.75, 3.05) is 25.6 Å². The second-order valence-electron chi connectivity index (χ2n) is 7.30. The Hall–Kier alpha value is -3.04. The van der Waals surface area contributed by atoms with Crippen LogP contribution in [0.4, 0.5) is 5.69 Å². The molecule has 1 amide bonds. The molecular formula is C21H26N6O3. The summed E-state index contributed by atoms with van der Waals surface area (Å²) >= 11 is 0. The van der Waals surface area contributed by atoms with Gasteiger partial charge in [-0.2, -0.15) is 5.10 Å². The number of hydrogen-bond acceptors (Lipinski definition) is 6. The number of carbonyl (C=O) groups is 1. The number of carbonyl (C=O) groups excluding carboxylic acids is 1. The van der Waals surface area contributed by atoms with E-state index in [9.17, 15) is 4.79 Å². The number of aryl methyl sites for hydroxylation is 2. The maximum absolute atomic E-state index is 13.1. The van der Waals surface area contributed by atoms with E-state index in [0.717, 1.165) is 35.9 Å². The van der Waals surface area contributed by atoms with Crippen molar-refractivity contribution in [1.82, 2.24) is 24.5 Å². The largest absolute Gasteiger partial charge is 0.385 e. The second-order valence-corrected chi connectivity index (χ2v) is 7.30. The Morgan fingerprint density at radius 1 is 1.37 bits per heavy atom. The molecular weight excluding hydrogens is 384 g/mol. The van der Waals surface area contributed by atoms with Crippen LogP contribution in [0, 0.1) is 12.8 Å². The molecule has 158 valence electrons. The Balaban J connectivity index is 1.47. The molecule has 1 N–H and O–H groups in total. The number of rotatable bonds is 8. The van der Waals surface area contributed by atoms with E-state index in [2.05, 4.69) is 20.6 Å². The van der Waals surface area contributed by atoms with Gasteiger partial charge in [-0.3, -0.25) is 14.0 Å². The van der Waals surface area contributed by atoms with Crippen molar-refractivity contribution in [3.05, 3.63) is 54.4 Å². The highest BCUT2D eigenvalue weighted by molar-refractivity contribution is 5.93. The van der Waals surface area contributed by atoms with Gasteiger partial charge in [0.1, 0.15) is 18.3 Å². The summed E-state index contributed by atoms with van der Waals surface area (Å²) in [6, 6.07) is 9.57. The summed E-state index contributed by atoms with van der Waals surface area (Å²) in [5, 5.41) is 15.4. The SMILES string of the molecule is COCCCn1nccc1[C@H]1OCC[C@@H]1C(=O)Nc1cccc(-n2cnnc2C)c1. The Kier molecular flexibility index (Phi) is 6.20. The highest BCUT2D eigenvalue weighted by atomic mass is 16.5. The molecule has 1 fully saturated rings. The number of hydrogen-bond donors (Lipinski definition) is 1. The third kappa shape index (κ3) is 4.27. The lowest BCUT2D eigenvalue weighted by molar-refractivity contribution is -0.121. The van der Waals surface area contributed by atoms with E-state index in [1.807, 2.05) is 46.5 Å². The summed E-state index contributed by atoms with van der Waals surface area (Å²) in [6.07, 6.45) is 4.62. The van der Waals surface area contributed by atoms with Crippen molar-refractivity contribution in [3.63, 3.8) is 0 Å². The van der Waals surface area contributed by atoms with Gasteiger partial charge in [0.2, 0.25) is 5.91 Å². The van der Waals surface area contributed by atoms with Gasteiger partial charge in [0, 0.05) is 38.8 Å². The summed E-state index contributed by atoms with van der Waals surface area (Å²) in [7, 11) is 1.68. The molecule has 1 aliphatic heterocycles. The molecule has 0 radical (unpaired) electrons. The molecule has 4 rings (SSSR count). The van der Waals surface area contributed by atoms with Gasteiger partial charge >= 0.3 is 0 Å². The second kappa shape index (κ2) is 9.19. The van der Waals surface area contributed by atoms with Crippen LogP contribution in [-0.4, -0.2) is 50.8 Å². The molecule has 0 aliphatic carbocycles. The maximum atomic E-state index is 13.1. The van der Waals surface area contributed by atoms with Crippen molar-refractivity contribution in [1.29, 1.82) is 0 Å². The Morgan fingerprint density at radius 3 is 3.07 bits per heavy atom. The number of nitrogens with zero attached hydrogens (tertiary/aromatic N) is 5. The predicted octanol–water partition coefficient (Wildman–Crippen LogP) is 2.53. The fraction of sp³-hybridized carbons (Fsp3) is 0.429. The molecule has 2 atom stereocenters. The minimum Gasteiger partial charge on any atom is -0.385 e. The monoisotopic (exact) mass is 410 g/mol. The van der Waals surface area contributed by atoms with Gasteiger partial charge in [0.05, 0.1) is 17.3 Å². The van der Waals surface area contributed by atoms with Gasteiger partial charge in [0.25, 0.3) is 0 Å². The number of benzene rings is 1. The summed E-state index contributed by atoms with van der Waals surface area (Å²) in [6.45, 7) is 3.82. The average Bonchev–Trinajstić information content (AvgIpc) is 3.48. The fourth-order valence-corrected chi connectivity index (χ4v) is 3.79. The Morgan fingerprint density at radius 2 is 2.27 bits per heavy atom. The first-order chi connectivity index (χ1) is 14.7. The van der Waals surface area contributed by atoms with Crippen molar-refractivity contribution in [2.24, 2.45) is 5.92 Å². The highest BCUT2D eigenvalue weighted by Gasteiger charge is 2.37. The summed E-state index contributed by atoms with van der Waals surface area (Å²) < 4.78 is 14.8. The summed E-state index contributed by atoms with van der Waals surface area (Å²) in [5.74, 6) is 0.451. The lowest BCUT2D eigenvalue weighted by Crippen LogP contribution is -2.26. The minimum atomic E-state index is -0.307. The Bertz CT molecular complexity index is 998. The zero-order valence-corrected chi connectivity index (χ0v) is 17.2. The standard InChI is InChI=1S/C21H26N6O3/c1-15-25-22-14-26(15)17-6-3-5-16(13-17)24-21(28)18-8-12-30-20(18)19-7-9-23-27(19)10-4-11-29-2/h3,5-7,9,13-14,18,20H,4,8,10-12H2,1-2H3,(H,24,28)/t18-,20-/m0/s1. The average molecular weight is 410 g/mol. The molecule has 9 nitrogen and oxygen atoms in total. The molecule has 1 saturated heterocycles. The molecule has 1 aliphatic rings. The first kappa shape index (κ1) is 20.2. The van der Waals surface area contributed by atoms with E-state index >= 15 is 0 Å². The molecule has 0 unspecified atom stereocenters. The molecule has 1 aromatic carbocycles. The van der Waals surface area contributed by atoms with Crippen LogP contribution in [0.25, 0.3) is 5.69 Å². The zero-order valence-electron chi connectivity index (χ0n) is 17.2. The van der Waals surface area contributed by atoms with Crippen LogP contribution in [0.1, 0.15) is 30.5 Å². The Labute approximate surface area is 175 Å². The van der Waals surface area contributed by atoms with E-state index in [-0.39, 0.29) is 17.9 Å². The molecule has 0 saturated carbocycles. The first-order valence-electron chi connectivity index (χ1n) is 10.1. The topological polar surface area (TPSA) is 96.1 Å². The van der Waals surface area contributed by atoms with Crippen molar-refractivity contribution in [3.8, 4) is 5.69 Å². The predicted molar refractivity (Wildman–Crippen MR) is 110 cm³/mol. The quantitative estimate of drug-likeness (QED) is 0.573. The molecule has 2 aromatic heterocycles. The van der Waals surface area contributed by atoms with E-state index in [1.54, 1.807) is 19.6 Å². The molecule has 3 heterocycles. The minimum absolute atomic E-state index is 0.0558. The van der Waals surface area contributed by atoms with Crippen LogP contribution >= 0.6 is 0 Å². The third-order valence-electron chi connectivity index (χ3n) is 5.30. The van der Waals surface area contributed by atoms with Crippen molar-refractivity contribution in [2.45, 2.75) is 32.4 Å². The van der Waals surface area contributed by atoms with Gasteiger partial charge < -0.3 is 14.8 Å². The highest BCUT2D eigenvalue weighted by Crippen LogP contribution is 2.35. The van der Waals surface area contributed by atoms with Gasteiger partial charge in [-0.15, -0.1) is 10.2 Å². The summed E-state index contributed by atoms with van der Waals surface area (Å²) in [4.78, 5) is 13.1. The maximum Gasteiger partial charge on any atom is 0.230 e. The van der Waals surface area contributed by atoms with Gasteiger partial charge in [-0.25, -0.2) is 0 Å². The molecule has 3 aromatic rings. The molecule has 0 bridgehead atoms. The zero-order chi connectivity index (χ0) is 20.9. The van der Waals surface area contributed by atoms with E-state index < -0.39 is 0 Å². The van der Waals surface area contributed by atoms with E-state index in [0.29, 0.717) is 19.6 Å². The van der Waals surface area contributed by atoms with Crippen LogP contribution in [-0.2, 0) is 20.8 Å². The normalized spacial score (nSPS) is 18.6. The molecule has 9 heteroatoms. The number of aromatic nitrogens is 5. The van der Waals surface area contributed by atoms with Crippen LogP contribution in [0.5, 0.6) is 0 Å². The van der Waals surface area contributed by atoms with Crippen molar-refractivity contribution >= 4 is 11.6 Å². The number of anilines is 1. The smallest absolute Gasteiger partial charge is 0.230 e. The third-order valence-corrected chi connectivity index (χ3v) is 5.30. The van der Waals surface area contributed by atoms with Crippen molar-refractivity contribution < 1.29 is 14.3 Å². The summed E-state index contributed by atoms with van der Waals surface area (Å²) in [5.41, 5.74) is 2.55.